The van der Waals surface area contributed by atoms with E-state index in [1.54, 1.807) is 0 Å². The van der Waals surface area contributed by atoms with Crippen LogP contribution in [0.1, 0.15) is 32.4 Å². The van der Waals surface area contributed by atoms with Gasteiger partial charge in [-0.25, -0.2) is 8.78 Å². The summed E-state index contributed by atoms with van der Waals surface area (Å²) in [7, 11) is 0. The van der Waals surface area contributed by atoms with Gasteiger partial charge in [0.15, 0.2) is 0 Å². The molecule has 0 aromatic heterocycles. The van der Waals surface area contributed by atoms with E-state index in [-0.39, 0.29) is 16.9 Å². The van der Waals surface area contributed by atoms with E-state index < -0.39 is 11.6 Å². The molecule has 112 valence electrons. The minimum Gasteiger partial charge on any atom is -0.309 e. The highest BCUT2D eigenvalue weighted by Crippen LogP contribution is 2.41. The third-order valence-corrected chi connectivity index (χ3v) is 7.18. The quantitative estimate of drug-likeness (QED) is 0.892. The van der Waals surface area contributed by atoms with Crippen molar-refractivity contribution < 1.29 is 8.78 Å². The molecular formula is C15H21F2NS2. The topological polar surface area (TPSA) is 12.0 Å². The molecule has 0 spiro atoms. The highest BCUT2D eigenvalue weighted by atomic mass is 32.2. The first-order chi connectivity index (χ1) is 9.54. The highest BCUT2D eigenvalue weighted by molar-refractivity contribution is 8.07. The van der Waals surface area contributed by atoms with Crippen molar-refractivity contribution in [3.05, 3.63) is 35.4 Å². The largest absolute Gasteiger partial charge is 0.309 e. The molecule has 1 saturated heterocycles. The van der Waals surface area contributed by atoms with E-state index in [1.165, 1.54) is 18.2 Å². The number of nitrogens with one attached hydrogen (secondary N) is 1. The van der Waals surface area contributed by atoms with Crippen LogP contribution in [-0.2, 0) is 0 Å². The standard InChI is InChI=1S/C15H21F2NS2/c1-4-18-15(13-8-19-9(2)10(3)20-13)14-11(16)6-5-7-12(14)17/h5-7,9-10,13,15,18H,4,8H2,1-3H3. The van der Waals surface area contributed by atoms with Crippen LogP contribution in [0.15, 0.2) is 18.2 Å². The van der Waals surface area contributed by atoms with Crippen LogP contribution in [0.25, 0.3) is 0 Å². The number of thioether (sulfide) groups is 2. The first-order valence-electron chi connectivity index (χ1n) is 6.99. The summed E-state index contributed by atoms with van der Waals surface area (Å²) < 4.78 is 28.1. The summed E-state index contributed by atoms with van der Waals surface area (Å²) in [5.74, 6) is 0.0161. The summed E-state index contributed by atoms with van der Waals surface area (Å²) in [4.78, 5) is 0. The minimum atomic E-state index is -0.451. The van der Waals surface area contributed by atoms with Gasteiger partial charge in [0.25, 0.3) is 0 Å². The molecule has 1 aromatic rings. The molecule has 4 unspecified atom stereocenters. The van der Waals surface area contributed by atoms with Gasteiger partial charge in [-0.1, -0.05) is 26.8 Å². The Morgan fingerprint density at radius 2 is 1.90 bits per heavy atom. The minimum absolute atomic E-state index is 0.189. The Morgan fingerprint density at radius 1 is 1.25 bits per heavy atom. The van der Waals surface area contributed by atoms with Crippen molar-refractivity contribution in [1.29, 1.82) is 0 Å². The van der Waals surface area contributed by atoms with E-state index in [9.17, 15) is 8.78 Å². The average molecular weight is 317 g/mol. The molecule has 1 aliphatic heterocycles. The summed E-state index contributed by atoms with van der Waals surface area (Å²) in [6.45, 7) is 7.07. The van der Waals surface area contributed by atoms with Crippen LogP contribution < -0.4 is 5.32 Å². The van der Waals surface area contributed by atoms with Crippen LogP contribution in [0.2, 0.25) is 0 Å². The molecule has 1 aromatic carbocycles. The lowest BCUT2D eigenvalue weighted by Crippen LogP contribution is -2.38. The van der Waals surface area contributed by atoms with Gasteiger partial charge >= 0.3 is 0 Å². The normalized spacial score (nSPS) is 28.4. The molecule has 0 amide bonds. The SMILES string of the molecule is CCNC(c1c(F)cccc1F)C1CSC(C)C(C)S1. The van der Waals surface area contributed by atoms with Crippen LogP contribution in [-0.4, -0.2) is 28.0 Å². The van der Waals surface area contributed by atoms with Crippen LogP contribution in [0.3, 0.4) is 0 Å². The number of rotatable bonds is 4. The average Bonchev–Trinajstić information content (AvgIpc) is 2.41. The molecule has 0 saturated carbocycles. The Balaban J connectivity index is 2.27. The number of halogens is 2. The fraction of sp³-hybridized carbons (Fsp3) is 0.600. The number of benzene rings is 1. The van der Waals surface area contributed by atoms with Gasteiger partial charge in [-0.2, -0.15) is 23.5 Å². The van der Waals surface area contributed by atoms with E-state index in [4.69, 9.17) is 0 Å². The molecule has 1 aliphatic rings. The Labute approximate surface area is 128 Å². The third-order valence-electron chi connectivity index (χ3n) is 3.68. The van der Waals surface area contributed by atoms with E-state index in [2.05, 4.69) is 19.2 Å². The van der Waals surface area contributed by atoms with Crippen molar-refractivity contribution in [2.24, 2.45) is 0 Å². The molecular weight excluding hydrogens is 296 g/mol. The van der Waals surface area contributed by atoms with Crippen molar-refractivity contribution in [2.45, 2.75) is 42.6 Å². The maximum absolute atomic E-state index is 14.1. The lowest BCUT2D eigenvalue weighted by Gasteiger charge is -2.36. The lowest BCUT2D eigenvalue weighted by molar-refractivity contribution is 0.472. The Kier molecular flexibility index (Phi) is 5.75. The molecule has 4 atom stereocenters. The predicted octanol–water partition coefficient (Wildman–Crippen LogP) is 4.24. The number of hydrogen-bond donors (Lipinski definition) is 1. The Bertz CT molecular complexity index is 435. The third kappa shape index (κ3) is 3.49. The van der Waals surface area contributed by atoms with Crippen LogP contribution in [0.4, 0.5) is 8.78 Å². The van der Waals surface area contributed by atoms with Gasteiger partial charge in [-0.05, 0) is 18.7 Å². The van der Waals surface area contributed by atoms with Gasteiger partial charge in [0.1, 0.15) is 11.6 Å². The summed E-state index contributed by atoms with van der Waals surface area (Å²) in [5.41, 5.74) is 0.189. The molecule has 2 rings (SSSR count). The monoisotopic (exact) mass is 317 g/mol. The molecule has 1 nitrogen and oxygen atoms in total. The first kappa shape index (κ1) is 16.1. The zero-order chi connectivity index (χ0) is 14.7. The molecule has 1 heterocycles. The molecule has 0 bridgehead atoms. The second-order valence-corrected chi connectivity index (χ2v) is 8.12. The Hall–Kier alpha value is -0.260. The maximum Gasteiger partial charge on any atom is 0.130 e. The molecule has 1 N–H and O–H groups in total. The predicted molar refractivity (Wildman–Crippen MR) is 85.5 cm³/mol. The van der Waals surface area contributed by atoms with Crippen molar-refractivity contribution >= 4 is 23.5 Å². The summed E-state index contributed by atoms with van der Waals surface area (Å²) in [5, 5.41) is 4.55. The van der Waals surface area contributed by atoms with E-state index in [0.29, 0.717) is 17.0 Å². The van der Waals surface area contributed by atoms with Crippen molar-refractivity contribution in [3.8, 4) is 0 Å². The highest BCUT2D eigenvalue weighted by Gasteiger charge is 2.34. The second kappa shape index (κ2) is 7.14. The van der Waals surface area contributed by atoms with E-state index in [1.807, 2.05) is 30.4 Å². The molecule has 0 radical (unpaired) electrons. The number of hydrogen-bond acceptors (Lipinski definition) is 3. The van der Waals surface area contributed by atoms with Crippen LogP contribution in [0, 0.1) is 11.6 Å². The van der Waals surface area contributed by atoms with E-state index in [0.717, 1.165) is 5.75 Å². The second-order valence-electron chi connectivity index (χ2n) is 5.09. The van der Waals surface area contributed by atoms with Crippen molar-refractivity contribution in [2.75, 3.05) is 12.3 Å². The van der Waals surface area contributed by atoms with Gasteiger partial charge in [-0.3, -0.25) is 0 Å². The van der Waals surface area contributed by atoms with Crippen molar-refractivity contribution in [3.63, 3.8) is 0 Å². The molecule has 0 aliphatic carbocycles. The summed E-state index contributed by atoms with van der Waals surface area (Å²) in [6.07, 6.45) is 0. The van der Waals surface area contributed by atoms with Crippen molar-refractivity contribution in [1.82, 2.24) is 5.32 Å². The fourth-order valence-corrected chi connectivity index (χ4v) is 5.53. The maximum atomic E-state index is 14.1. The Morgan fingerprint density at radius 3 is 2.45 bits per heavy atom. The summed E-state index contributed by atoms with van der Waals surface area (Å²) >= 11 is 3.73. The van der Waals surface area contributed by atoms with E-state index >= 15 is 0 Å². The van der Waals surface area contributed by atoms with Gasteiger partial charge in [-0.15, -0.1) is 0 Å². The van der Waals surface area contributed by atoms with Gasteiger partial charge in [0, 0.05) is 27.1 Å². The lowest BCUT2D eigenvalue weighted by atomic mass is 10.0. The van der Waals surface area contributed by atoms with Gasteiger partial charge in [0.2, 0.25) is 0 Å². The van der Waals surface area contributed by atoms with Gasteiger partial charge in [0.05, 0.1) is 6.04 Å². The zero-order valence-corrected chi connectivity index (χ0v) is 13.7. The van der Waals surface area contributed by atoms with Gasteiger partial charge < -0.3 is 5.32 Å². The summed E-state index contributed by atoms with van der Waals surface area (Å²) in [6, 6.07) is 3.84. The van der Waals surface area contributed by atoms with Crippen LogP contribution in [0.5, 0.6) is 0 Å². The zero-order valence-electron chi connectivity index (χ0n) is 12.0. The first-order valence-corrected chi connectivity index (χ1v) is 8.98. The molecule has 20 heavy (non-hydrogen) atoms. The smallest absolute Gasteiger partial charge is 0.130 e. The van der Waals surface area contributed by atoms with Crippen LogP contribution >= 0.6 is 23.5 Å². The molecule has 1 fully saturated rings. The fourth-order valence-electron chi connectivity index (χ4n) is 2.43. The molecule has 5 heteroatoms.